The largest absolute Gasteiger partial charge is 0.467 e. The van der Waals surface area contributed by atoms with Crippen LogP contribution in [0.5, 0.6) is 0 Å². The number of furan rings is 1. The highest BCUT2D eigenvalue weighted by Crippen LogP contribution is 2.05. The van der Waals surface area contributed by atoms with Crippen molar-refractivity contribution in [3.05, 3.63) is 53.2 Å². The Morgan fingerprint density at radius 1 is 1.32 bits per heavy atom. The number of guanidine groups is 1. The van der Waals surface area contributed by atoms with Gasteiger partial charge in [-0.25, -0.2) is 0 Å². The summed E-state index contributed by atoms with van der Waals surface area (Å²) in [7, 11) is 1.72. The monoisotopic (exact) mass is 278 g/mol. The van der Waals surface area contributed by atoms with Crippen LogP contribution in [-0.4, -0.2) is 18.0 Å². The Kier molecular flexibility index (Phi) is 4.80. The van der Waals surface area contributed by atoms with Crippen LogP contribution in [0.15, 0.2) is 46.1 Å². The van der Waals surface area contributed by atoms with E-state index in [1.54, 1.807) is 19.5 Å². The van der Waals surface area contributed by atoms with Crippen LogP contribution in [-0.2, 0) is 13.1 Å². The third-order valence-electron chi connectivity index (χ3n) is 2.46. The fourth-order valence-electron chi connectivity index (χ4n) is 1.49. The Labute approximate surface area is 116 Å². The first kappa shape index (κ1) is 13.4. The van der Waals surface area contributed by atoms with Gasteiger partial charge in [-0.15, -0.1) is 0 Å². The third-order valence-corrected chi connectivity index (χ3v) is 2.68. The van der Waals surface area contributed by atoms with E-state index in [0.29, 0.717) is 24.1 Å². The second kappa shape index (κ2) is 6.80. The van der Waals surface area contributed by atoms with Crippen LogP contribution in [0.4, 0.5) is 0 Å². The molecule has 0 spiro atoms. The topological polar surface area (TPSA) is 62.5 Å². The summed E-state index contributed by atoms with van der Waals surface area (Å²) in [4.78, 5) is 8.32. The van der Waals surface area contributed by atoms with E-state index in [1.807, 2.05) is 24.3 Å². The standard InChI is InChI=1S/C13H15ClN4O/c1-15-13(18-9-12-3-2-6-19-12)17-8-11-5-4-10(14)7-16-11/h2-7H,8-9H2,1H3,(H2,15,17,18). The molecule has 0 aromatic carbocycles. The van der Waals surface area contributed by atoms with E-state index in [2.05, 4.69) is 20.6 Å². The maximum Gasteiger partial charge on any atom is 0.191 e. The highest BCUT2D eigenvalue weighted by molar-refractivity contribution is 6.30. The highest BCUT2D eigenvalue weighted by Gasteiger charge is 2.01. The molecule has 2 aromatic heterocycles. The molecule has 5 nitrogen and oxygen atoms in total. The van der Waals surface area contributed by atoms with Crippen LogP contribution >= 0.6 is 11.6 Å². The fraction of sp³-hybridized carbons (Fsp3) is 0.231. The van der Waals surface area contributed by atoms with Gasteiger partial charge in [0.05, 0.1) is 30.1 Å². The summed E-state index contributed by atoms with van der Waals surface area (Å²) in [6, 6.07) is 7.44. The molecule has 100 valence electrons. The maximum absolute atomic E-state index is 5.78. The first-order valence-corrected chi connectivity index (χ1v) is 6.23. The zero-order valence-electron chi connectivity index (χ0n) is 10.6. The Bertz CT molecular complexity index is 522. The summed E-state index contributed by atoms with van der Waals surface area (Å²) < 4.78 is 5.23. The van der Waals surface area contributed by atoms with Crippen molar-refractivity contribution >= 4 is 17.6 Å². The number of nitrogens with one attached hydrogen (secondary N) is 2. The van der Waals surface area contributed by atoms with Crippen molar-refractivity contribution in [3.8, 4) is 0 Å². The zero-order chi connectivity index (χ0) is 13.5. The van der Waals surface area contributed by atoms with Gasteiger partial charge in [-0.1, -0.05) is 11.6 Å². The van der Waals surface area contributed by atoms with Crippen molar-refractivity contribution in [2.45, 2.75) is 13.1 Å². The van der Waals surface area contributed by atoms with Crippen LogP contribution in [0.25, 0.3) is 0 Å². The molecule has 0 unspecified atom stereocenters. The van der Waals surface area contributed by atoms with E-state index in [1.165, 1.54) is 0 Å². The predicted octanol–water partition coefficient (Wildman–Crippen LogP) is 2.19. The van der Waals surface area contributed by atoms with Gasteiger partial charge >= 0.3 is 0 Å². The molecule has 0 amide bonds. The van der Waals surface area contributed by atoms with Gasteiger partial charge in [0.1, 0.15) is 5.76 Å². The third kappa shape index (κ3) is 4.30. The average molecular weight is 279 g/mol. The SMILES string of the molecule is CN=C(NCc1ccc(Cl)cn1)NCc1ccco1. The molecule has 0 radical (unpaired) electrons. The van der Waals surface area contributed by atoms with Crippen molar-refractivity contribution in [1.82, 2.24) is 15.6 Å². The van der Waals surface area contributed by atoms with Crippen molar-refractivity contribution < 1.29 is 4.42 Å². The number of rotatable bonds is 4. The summed E-state index contributed by atoms with van der Waals surface area (Å²) in [5.74, 6) is 1.54. The molecule has 2 heterocycles. The van der Waals surface area contributed by atoms with Gasteiger partial charge in [-0.3, -0.25) is 9.98 Å². The molecule has 0 bridgehead atoms. The highest BCUT2D eigenvalue weighted by atomic mass is 35.5. The predicted molar refractivity (Wildman–Crippen MR) is 75.0 cm³/mol. The van der Waals surface area contributed by atoms with Gasteiger partial charge in [0.2, 0.25) is 0 Å². The molecule has 19 heavy (non-hydrogen) atoms. The molecule has 2 rings (SSSR count). The minimum absolute atomic E-state index is 0.578. The van der Waals surface area contributed by atoms with E-state index in [4.69, 9.17) is 16.0 Å². The smallest absolute Gasteiger partial charge is 0.191 e. The molecule has 0 aliphatic rings. The van der Waals surface area contributed by atoms with Crippen LogP contribution in [0.2, 0.25) is 5.02 Å². The zero-order valence-corrected chi connectivity index (χ0v) is 11.3. The minimum atomic E-state index is 0.578. The van der Waals surface area contributed by atoms with E-state index in [-0.39, 0.29) is 0 Å². The first-order chi connectivity index (χ1) is 9.28. The second-order valence-corrected chi connectivity index (χ2v) is 4.26. The molecular formula is C13H15ClN4O. The molecule has 6 heteroatoms. The molecule has 2 N–H and O–H groups in total. The lowest BCUT2D eigenvalue weighted by Gasteiger charge is -2.10. The number of halogens is 1. The summed E-state index contributed by atoms with van der Waals surface area (Å²) in [5.41, 5.74) is 0.894. The summed E-state index contributed by atoms with van der Waals surface area (Å²) >= 11 is 5.78. The Morgan fingerprint density at radius 2 is 2.16 bits per heavy atom. The van der Waals surface area contributed by atoms with Crippen molar-refractivity contribution in [2.24, 2.45) is 4.99 Å². The number of hydrogen-bond donors (Lipinski definition) is 2. The van der Waals surface area contributed by atoms with Gasteiger partial charge in [0.15, 0.2) is 5.96 Å². The lowest BCUT2D eigenvalue weighted by atomic mass is 10.3. The normalized spacial score (nSPS) is 11.4. The molecule has 0 atom stereocenters. The number of nitrogens with zero attached hydrogens (tertiary/aromatic N) is 2. The molecule has 0 saturated carbocycles. The van der Waals surface area contributed by atoms with Crippen LogP contribution in [0.3, 0.4) is 0 Å². The summed E-state index contributed by atoms with van der Waals surface area (Å²) in [6.45, 7) is 1.16. The Morgan fingerprint density at radius 3 is 2.79 bits per heavy atom. The number of aromatic nitrogens is 1. The summed E-state index contributed by atoms with van der Waals surface area (Å²) in [5, 5.41) is 6.93. The molecule has 0 fully saturated rings. The molecule has 2 aromatic rings. The van der Waals surface area contributed by atoms with Crippen LogP contribution < -0.4 is 10.6 Å². The minimum Gasteiger partial charge on any atom is -0.467 e. The molecule has 0 aliphatic carbocycles. The number of hydrogen-bond acceptors (Lipinski definition) is 3. The second-order valence-electron chi connectivity index (χ2n) is 3.83. The van der Waals surface area contributed by atoms with E-state index >= 15 is 0 Å². The van der Waals surface area contributed by atoms with Gasteiger partial charge in [-0.2, -0.15) is 0 Å². The van der Waals surface area contributed by atoms with Gasteiger partial charge < -0.3 is 15.1 Å². The molecule has 0 saturated heterocycles. The Hall–Kier alpha value is -2.01. The van der Waals surface area contributed by atoms with Crippen LogP contribution in [0.1, 0.15) is 11.5 Å². The van der Waals surface area contributed by atoms with Crippen molar-refractivity contribution in [1.29, 1.82) is 0 Å². The molecular weight excluding hydrogens is 264 g/mol. The van der Waals surface area contributed by atoms with Crippen LogP contribution in [0, 0.1) is 0 Å². The van der Waals surface area contributed by atoms with Gasteiger partial charge in [0.25, 0.3) is 0 Å². The quantitative estimate of drug-likeness (QED) is 0.665. The van der Waals surface area contributed by atoms with E-state index in [9.17, 15) is 0 Å². The van der Waals surface area contributed by atoms with Crippen molar-refractivity contribution in [2.75, 3.05) is 7.05 Å². The maximum atomic E-state index is 5.78. The lowest BCUT2D eigenvalue weighted by Crippen LogP contribution is -2.36. The van der Waals surface area contributed by atoms with Crippen molar-refractivity contribution in [3.63, 3.8) is 0 Å². The Balaban J connectivity index is 1.81. The van der Waals surface area contributed by atoms with Gasteiger partial charge in [-0.05, 0) is 24.3 Å². The van der Waals surface area contributed by atoms with E-state index in [0.717, 1.165) is 11.5 Å². The average Bonchev–Trinajstić information content (AvgIpc) is 2.94. The first-order valence-electron chi connectivity index (χ1n) is 5.85. The lowest BCUT2D eigenvalue weighted by molar-refractivity contribution is 0.501. The molecule has 0 aliphatic heterocycles. The van der Waals surface area contributed by atoms with Gasteiger partial charge in [0, 0.05) is 13.2 Å². The summed E-state index contributed by atoms with van der Waals surface area (Å²) in [6.07, 6.45) is 3.27. The number of pyridine rings is 1. The number of aliphatic imine (C=N–C) groups is 1. The fourth-order valence-corrected chi connectivity index (χ4v) is 1.60. The van der Waals surface area contributed by atoms with E-state index < -0.39 is 0 Å².